The topological polar surface area (TPSA) is 24.7 Å². The average molecular weight is 703 g/mol. The highest BCUT2D eigenvalue weighted by Crippen LogP contribution is 2.37. The van der Waals surface area contributed by atoms with Crippen molar-refractivity contribution in [3.8, 4) is 33.4 Å². The van der Waals surface area contributed by atoms with Crippen LogP contribution in [0.25, 0.3) is 71.4 Å². The molecule has 55 heavy (non-hydrogen) atoms. The predicted molar refractivity (Wildman–Crippen MR) is 236 cm³/mol. The van der Waals surface area contributed by atoms with Gasteiger partial charge in [0.1, 0.15) is 0 Å². The summed E-state index contributed by atoms with van der Waals surface area (Å²) in [7, 11) is 0. The van der Waals surface area contributed by atoms with Crippen LogP contribution in [0.4, 0.5) is 0 Å². The third kappa shape index (κ3) is 6.78. The summed E-state index contributed by atoms with van der Waals surface area (Å²) >= 11 is 0. The molecule has 0 aromatic heterocycles. The summed E-state index contributed by atoms with van der Waals surface area (Å²) in [6.45, 7) is 6.48. The number of amidine groups is 1. The van der Waals surface area contributed by atoms with E-state index in [-0.39, 0.29) is 0 Å². The third-order valence-electron chi connectivity index (χ3n) is 10.4. The highest BCUT2D eigenvalue weighted by Gasteiger charge is 2.13. The molecule has 0 radical (unpaired) electrons. The van der Waals surface area contributed by atoms with Crippen LogP contribution in [-0.2, 0) is 0 Å². The first-order valence-electron chi connectivity index (χ1n) is 18.7. The maximum Gasteiger partial charge on any atom is 0.160 e. The van der Waals surface area contributed by atoms with Gasteiger partial charge in [-0.15, -0.1) is 0 Å². The third-order valence-corrected chi connectivity index (χ3v) is 10.4. The van der Waals surface area contributed by atoms with Crippen LogP contribution >= 0.6 is 0 Å². The van der Waals surface area contributed by atoms with Crippen molar-refractivity contribution in [3.63, 3.8) is 0 Å². The van der Waals surface area contributed by atoms with Gasteiger partial charge in [0.05, 0.1) is 5.70 Å². The van der Waals surface area contributed by atoms with Crippen LogP contribution < -0.4 is 0 Å². The quantitative estimate of drug-likeness (QED) is 0.0897. The second kappa shape index (κ2) is 14.7. The maximum absolute atomic E-state index is 5.22. The van der Waals surface area contributed by atoms with E-state index in [1.54, 1.807) is 0 Å². The lowest BCUT2D eigenvalue weighted by Gasteiger charge is -2.13. The lowest BCUT2D eigenvalue weighted by atomic mass is 9.92. The molecule has 2 heteroatoms. The van der Waals surface area contributed by atoms with E-state index in [1.165, 1.54) is 49.0 Å². The fraction of sp³-hybridized carbons (Fsp3) is 0.0189. The molecular formula is C53H38N2. The summed E-state index contributed by atoms with van der Waals surface area (Å²) in [5.74, 6) is 0.612. The van der Waals surface area contributed by atoms with Crippen molar-refractivity contribution in [1.82, 2.24) is 0 Å². The second-order valence-electron chi connectivity index (χ2n) is 13.9. The van der Waals surface area contributed by atoms with Gasteiger partial charge in [-0.2, -0.15) is 0 Å². The van der Waals surface area contributed by atoms with Crippen molar-refractivity contribution in [1.29, 1.82) is 0 Å². The molecule has 0 bridgehead atoms. The summed E-state index contributed by atoms with van der Waals surface area (Å²) in [5.41, 5.74) is 11.4. The smallest absolute Gasteiger partial charge is 0.160 e. The highest BCUT2D eigenvalue weighted by atomic mass is 14.9. The number of hydrogen-bond acceptors (Lipinski definition) is 1. The number of nitrogens with zero attached hydrogens (tertiary/aromatic N) is 2. The monoisotopic (exact) mass is 702 g/mol. The Bertz CT molecular complexity index is 2870. The molecule has 0 aliphatic rings. The summed E-state index contributed by atoms with van der Waals surface area (Å²) in [4.78, 5) is 10.4. The fourth-order valence-corrected chi connectivity index (χ4v) is 7.52. The summed E-state index contributed by atoms with van der Waals surface area (Å²) in [6.07, 6.45) is 0. The first-order valence-corrected chi connectivity index (χ1v) is 18.7. The maximum atomic E-state index is 5.22. The van der Waals surface area contributed by atoms with Gasteiger partial charge in [0.25, 0.3) is 0 Å². The van der Waals surface area contributed by atoms with Crippen molar-refractivity contribution in [2.24, 2.45) is 9.98 Å². The van der Waals surface area contributed by atoms with Crippen LogP contribution in [0, 0.1) is 0 Å². The number of aliphatic imine (C=N–C) groups is 2. The zero-order valence-electron chi connectivity index (χ0n) is 30.7. The van der Waals surface area contributed by atoms with Crippen molar-refractivity contribution >= 4 is 49.6 Å². The summed E-state index contributed by atoms with van der Waals surface area (Å²) < 4.78 is 0. The molecule has 0 spiro atoms. The van der Waals surface area contributed by atoms with Gasteiger partial charge in [-0.1, -0.05) is 195 Å². The van der Waals surface area contributed by atoms with Crippen molar-refractivity contribution in [3.05, 3.63) is 223 Å². The van der Waals surface area contributed by atoms with Gasteiger partial charge < -0.3 is 0 Å². The van der Waals surface area contributed by atoms with Gasteiger partial charge in [0.2, 0.25) is 0 Å². The molecule has 0 amide bonds. The molecule has 260 valence electrons. The van der Waals surface area contributed by atoms with E-state index in [0.29, 0.717) is 11.5 Å². The minimum Gasteiger partial charge on any atom is -0.233 e. The van der Waals surface area contributed by atoms with Crippen LogP contribution in [0.3, 0.4) is 0 Å². The molecule has 9 rings (SSSR count). The molecule has 0 heterocycles. The Morgan fingerprint density at radius 3 is 1.31 bits per heavy atom. The molecule has 0 saturated carbocycles. The first kappa shape index (κ1) is 33.7. The zero-order valence-corrected chi connectivity index (χ0v) is 30.7. The van der Waals surface area contributed by atoms with E-state index in [1.807, 2.05) is 19.1 Å². The molecule has 9 aromatic carbocycles. The van der Waals surface area contributed by atoms with Crippen LogP contribution in [-0.4, -0.2) is 11.5 Å². The minimum absolute atomic E-state index is 0.612. The minimum atomic E-state index is 0.612. The molecule has 0 fully saturated rings. The normalized spacial score (nSPS) is 12.0. The molecule has 9 aromatic rings. The van der Waals surface area contributed by atoms with Crippen LogP contribution in [0.1, 0.15) is 23.6 Å². The summed E-state index contributed by atoms with van der Waals surface area (Å²) in [6, 6.07) is 70.6. The van der Waals surface area contributed by atoms with Gasteiger partial charge in [0, 0.05) is 11.3 Å². The van der Waals surface area contributed by atoms with Crippen LogP contribution in [0.15, 0.2) is 217 Å². The van der Waals surface area contributed by atoms with Crippen molar-refractivity contribution in [2.75, 3.05) is 0 Å². The number of hydrogen-bond donors (Lipinski definition) is 0. The van der Waals surface area contributed by atoms with Crippen LogP contribution in [0.2, 0.25) is 0 Å². The van der Waals surface area contributed by atoms with Gasteiger partial charge in [-0.05, 0) is 95.9 Å². The first-order chi connectivity index (χ1) is 27.1. The predicted octanol–water partition coefficient (Wildman–Crippen LogP) is 14.1. The molecule has 0 aliphatic heterocycles. The standard InChI is InChI=1S/C53H38N2/c1-36(38-24-28-42(29-25-38)40-14-5-3-6-15-40)54-53(55-37(2)39-26-30-43(31-27-39)41-16-7-4-8-17-41)46-19-13-18-44(34-46)45-32-33-51-49-22-10-9-20-47(49)48-21-11-12-23-50(48)52(51)35-45/h3-35H,1H2,2H3/b54-53-,55-37+. The molecule has 0 atom stereocenters. The number of benzene rings is 9. The number of fused-ring (bicyclic) bond motifs is 6. The molecule has 0 saturated heterocycles. The van der Waals surface area contributed by atoms with E-state index in [4.69, 9.17) is 9.98 Å². The molecule has 2 nitrogen and oxygen atoms in total. The Morgan fingerprint density at radius 1 is 0.327 bits per heavy atom. The number of rotatable bonds is 7. The van der Waals surface area contributed by atoms with Gasteiger partial charge in [-0.3, -0.25) is 0 Å². The van der Waals surface area contributed by atoms with Crippen molar-refractivity contribution < 1.29 is 0 Å². The summed E-state index contributed by atoms with van der Waals surface area (Å²) in [5, 5.41) is 7.56. The van der Waals surface area contributed by atoms with Gasteiger partial charge in [-0.25, -0.2) is 9.98 Å². The Labute approximate surface area is 322 Å². The molecule has 0 unspecified atom stereocenters. The Kier molecular flexibility index (Phi) is 8.99. The Morgan fingerprint density at radius 2 is 0.745 bits per heavy atom. The van der Waals surface area contributed by atoms with E-state index >= 15 is 0 Å². The fourth-order valence-electron chi connectivity index (χ4n) is 7.52. The molecule has 0 N–H and O–H groups in total. The highest BCUT2D eigenvalue weighted by molar-refractivity contribution is 6.25. The SMILES string of the molecule is C=C(/N=C(\N=C(/C)c1ccc(-c2ccccc2)cc1)c1cccc(-c2ccc3c4ccccc4c4ccccc4c3c2)c1)c1ccc(-c2ccccc2)cc1. The Hall–Kier alpha value is -7.16. The average Bonchev–Trinajstić information content (AvgIpc) is 3.27. The largest absolute Gasteiger partial charge is 0.233 e. The van der Waals surface area contributed by atoms with Gasteiger partial charge in [0.15, 0.2) is 5.84 Å². The second-order valence-corrected chi connectivity index (χ2v) is 13.9. The zero-order chi connectivity index (χ0) is 37.1. The van der Waals surface area contributed by atoms with E-state index in [9.17, 15) is 0 Å². The van der Waals surface area contributed by atoms with Crippen LogP contribution in [0.5, 0.6) is 0 Å². The van der Waals surface area contributed by atoms with E-state index in [0.717, 1.165) is 39.1 Å². The molecule has 0 aliphatic carbocycles. The van der Waals surface area contributed by atoms with E-state index in [2.05, 4.69) is 195 Å². The molecular weight excluding hydrogens is 665 g/mol. The van der Waals surface area contributed by atoms with Crippen molar-refractivity contribution in [2.45, 2.75) is 6.92 Å². The Balaban J connectivity index is 1.12. The van der Waals surface area contributed by atoms with E-state index < -0.39 is 0 Å². The van der Waals surface area contributed by atoms with Gasteiger partial charge >= 0.3 is 0 Å². The lowest BCUT2D eigenvalue weighted by Crippen LogP contribution is -2.04. The lowest BCUT2D eigenvalue weighted by molar-refractivity contribution is 1.44.